The van der Waals surface area contributed by atoms with Crippen LogP contribution in [0, 0.1) is 20.8 Å². The van der Waals surface area contributed by atoms with E-state index >= 15 is 0 Å². The Labute approximate surface area is 214 Å². The average Bonchev–Trinajstić information content (AvgIpc) is 3.38. The summed E-state index contributed by atoms with van der Waals surface area (Å²) in [5.74, 6) is 0.213. The topological polar surface area (TPSA) is 46.5 Å². The van der Waals surface area contributed by atoms with Crippen molar-refractivity contribution in [3.05, 3.63) is 100 Å². The number of carboxylic acids is 1. The molecule has 0 unspecified atom stereocenters. The number of carboxylic acid groups (broad SMARTS) is 1. The van der Waals surface area contributed by atoms with Gasteiger partial charge in [-0.15, -0.1) is 11.3 Å². The van der Waals surface area contributed by atoms with Gasteiger partial charge in [0, 0.05) is 22.4 Å². The number of aryl methyl sites for hydroxylation is 1. The largest absolute Gasteiger partial charge is 0.488 e. The highest BCUT2D eigenvalue weighted by molar-refractivity contribution is 7.14. The minimum atomic E-state index is -0.745. The molecule has 3 nitrogen and oxygen atoms in total. The van der Waals surface area contributed by atoms with Crippen LogP contribution in [0.25, 0.3) is 21.6 Å². The van der Waals surface area contributed by atoms with E-state index in [4.69, 9.17) is 9.84 Å². The van der Waals surface area contributed by atoms with Crippen LogP contribution >= 0.6 is 11.3 Å². The molecule has 0 aliphatic carbocycles. The van der Waals surface area contributed by atoms with E-state index in [1.807, 2.05) is 19.9 Å². The summed E-state index contributed by atoms with van der Waals surface area (Å²) in [7, 11) is 0. The van der Waals surface area contributed by atoms with Gasteiger partial charge in [-0.2, -0.15) is 0 Å². The van der Waals surface area contributed by atoms with Gasteiger partial charge in [0.2, 0.25) is 0 Å². The maximum Gasteiger partial charge on any atom is 0.303 e. The van der Waals surface area contributed by atoms with E-state index in [-0.39, 0.29) is 6.42 Å². The van der Waals surface area contributed by atoms with Crippen LogP contribution in [0.2, 0.25) is 0 Å². The van der Waals surface area contributed by atoms with E-state index < -0.39 is 5.97 Å². The van der Waals surface area contributed by atoms with Gasteiger partial charge in [0.15, 0.2) is 0 Å². The normalized spacial score (nSPS) is 9.89. The first-order valence-corrected chi connectivity index (χ1v) is 12.9. The van der Waals surface area contributed by atoms with E-state index in [2.05, 4.69) is 92.9 Å². The number of benzene rings is 3. The van der Waals surface area contributed by atoms with Crippen LogP contribution in [0.15, 0.2) is 78.2 Å². The molecule has 3 aromatic carbocycles. The molecule has 0 spiro atoms. The van der Waals surface area contributed by atoms with Gasteiger partial charge in [-0.25, -0.2) is 0 Å². The van der Waals surface area contributed by atoms with E-state index in [1.54, 1.807) is 18.3 Å². The summed E-state index contributed by atoms with van der Waals surface area (Å²) in [6, 6.07) is 25.4. The molecule has 4 heteroatoms. The summed E-state index contributed by atoms with van der Waals surface area (Å²) < 4.78 is 6.36. The monoisotopic (exact) mass is 488 g/mol. The lowest BCUT2D eigenvalue weighted by atomic mass is 9.92. The summed E-state index contributed by atoms with van der Waals surface area (Å²) in [5.41, 5.74) is 8.77. The molecule has 0 radical (unpaired) electrons. The average molecular weight is 489 g/mol. The SMILES string of the molecule is CC.CCC(=O)O.Cc1cc(OCc2ccccc2)c(-c2ccsc2-c2ccccc2)c(C)c1C. The van der Waals surface area contributed by atoms with Crippen molar-refractivity contribution in [3.8, 4) is 27.3 Å². The van der Waals surface area contributed by atoms with Crippen molar-refractivity contribution < 1.29 is 14.6 Å². The molecule has 0 bridgehead atoms. The quantitative estimate of drug-likeness (QED) is 0.294. The van der Waals surface area contributed by atoms with Crippen molar-refractivity contribution in [2.45, 2.75) is 54.6 Å². The summed E-state index contributed by atoms with van der Waals surface area (Å²) in [5, 5.41) is 9.90. The van der Waals surface area contributed by atoms with Gasteiger partial charge in [-0.05, 0) is 66.1 Å². The molecule has 1 heterocycles. The maximum atomic E-state index is 9.37. The van der Waals surface area contributed by atoms with Gasteiger partial charge in [-0.1, -0.05) is 81.4 Å². The zero-order valence-corrected chi connectivity index (χ0v) is 22.4. The van der Waals surface area contributed by atoms with E-state index in [1.165, 1.54) is 43.8 Å². The first-order valence-electron chi connectivity index (χ1n) is 12.0. The molecule has 0 saturated heterocycles. The Morgan fingerprint density at radius 2 is 1.46 bits per heavy atom. The molecule has 0 fully saturated rings. The Kier molecular flexibility index (Phi) is 11.2. The summed E-state index contributed by atoms with van der Waals surface area (Å²) in [6.45, 7) is 12.7. The fourth-order valence-corrected chi connectivity index (χ4v) is 4.46. The van der Waals surface area contributed by atoms with Gasteiger partial charge in [-0.3, -0.25) is 4.79 Å². The number of hydrogen-bond donors (Lipinski definition) is 1. The number of thiophene rings is 1. The minimum absolute atomic E-state index is 0.222. The second kappa shape index (κ2) is 14.1. The Morgan fingerprint density at radius 1 is 0.886 bits per heavy atom. The molecule has 4 aromatic rings. The highest BCUT2D eigenvalue weighted by Crippen LogP contribution is 2.44. The second-order valence-corrected chi connectivity index (χ2v) is 8.78. The number of hydrogen-bond acceptors (Lipinski definition) is 3. The van der Waals surface area contributed by atoms with Crippen LogP contribution in [-0.4, -0.2) is 11.1 Å². The van der Waals surface area contributed by atoms with Gasteiger partial charge < -0.3 is 9.84 Å². The van der Waals surface area contributed by atoms with Crippen LogP contribution in [0.3, 0.4) is 0 Å². The molecule has 0 atom stereocenters. The Bertz CT molecular complexity index is 1190. The summed E-state index contributed by atoms with van der Waals surface area (Å²) in [6.07, 6.45) is 0.222. The molecule has 184 valence electrons. The van der Waals surface area contributed by atoms with E-state index in [0.717, 1.165) is 5.75 Å². The molecule has 0 aliphatic rings. The summed E-state index contributed by atoms with van der Waals surface area (Å²) >= 11 is 1.78. The van der Waals surface area contributed by atoms with Crippen LogP contribution in [0.5, 0.6) is 5.75 Å². The zero-order chi connectivity index (χ0) is 25.8. The predicted octanol–water partition coefficient (Wildman–Crippen LogP) is 9.09. The fraction of sp³-hybridized carbons (Fsp3) is 0.258. The Morgan fingerprint density at radius 3 is 2.03 bits per heavy atom. The maximum absolute atomic E-state index is 9.37. The molecular formula is C31H36O3S. The molecule has 1 aromatic heterocycles. The number of carbonyl (C=O) groups is 1. The summed E-state index contributed by atoms with van der Waals surface area (Å²) in [4.78, 5) is 10.7. The first kappa shape index (κ1) is 27.9. The van der Waals surface area contributed by atoms with E-state index in [9.17, 15) is 4.79 Å². The Balaban J connectivity index is 0.000000551. The molecule has 0 amide bonds. The van der Waals surface area contributed by atoms with Crippen molar-refractivity contribution in [1.29, 1.82) is 0 Å². The van der Waals surface area contributed by atoms with Gasteiger partial charge in [0.1, 0.15) is 12.4 Å². The highest BCUT2D eigenvalue weighted by atomic mass is 32.1. The zero-order valence-electron chi connectivity index (χ0n) is 21.6. The third-order valence-corrected chi connectivity index (χ3v) is 6.60. The number of ether oxygens (including phenoxy) is 1. The van der Waals surface area contributed by atoms with Crippen molar-refractivity contribution in [2.24, 2.45) is 0 Å². The first-order chi connectivity index (χ1) is 16.9. The Hall–Kier alpha value is -3.37. The van der Waals surface area contributed by atoms with Crippen molar-refractivity contribution in [3.63, 3.8) is 0 Å². The predicted molar refractivity (Wildman–Crippen MR) is 149 cm³/mol. The van der Waals surface area contributed by atoms with Crippen molar-refractivity contribution >= 4 is 17.3 Å². The van der Waals surface area contributed by atoms with Crippen molar-refractivity contribution in [1.82, 2.24) is 0 Å². The van der Waals surface area contributed by atoms with E-state index in [0.29, 0.717) is 6.61 Å². The number of aliphatic carboxylic acids is 1. The van der Waals surface area contributed by atoms with Crippen molar-refractivity contribution in [2.75, 3.05) is 0 Å². The second-order valence-electron chi connectivity index (χ2n) is 7.87. The lowest BCUT2D eigenvalue weighted by Crippen LogP contribution is -2.01. The van der Waals surface area contributed by atoms with Crippen LogP contribution in [-0.2, 0) is 11.4 Å². The van der Waals surface area contributed by atoms with Crippen LogP contribution in [0.1, 0.15) is 49.4 Å². The lowest BCUT2D eigenvalue weighted by Gasteiger charge is -2.19. The minimum Gasteiger partial charge on any atom is -0.488 e. The van der Waals surface area contributed by atoms with Gasteiger partial charge in [0.25, 0.3) is 0 Å². The van der Waals surface area contributed by atoms with Gasteiger partial charge >= 0.3 is 5.97 Å². The smallest absolute Gasteiger partial charge is 0.303 e. The molecule has 35 heavy (non-hydrogen) atoms. The third-order valence-electron chi connectivity index (χ3n) is 5.63. The third kappa shape index (κ3) is 7.56. The molecule has 0 aliphatic heterocycles. The van der Waals surface area contributed by atoms with Crippen LogP contribution < -0.4 is 4.74 Å². The number of rotatable bonds is 6. The van der Waals surface area contributed by atoms with Crippen LogP contribution in [0.4, 0.5) is 0 Å². The lowest BCUT2D eigenvalue weighted by molar-refractivity contribution is -0.136. The molecule has 1 N–H and O–H groups in total. The molecule has 0 saturated carbocycles. The standard InChI is InChI=1S/C26H24OS.C3H6O2.C2H6/c1-18-16-24(27-17-21-10-6-4-7-11-21)25(20(3)19(18)2)23-14-15-28-26(23)22-12-8-5-9-13-22;1-2-3(4)5;1-2/h4-16H,17H2,1-3H3;2H2,1H3,(H,4,5);1-2H3. The molecular weight excluding hydrogens is 452 g/mol. The molecule has 4 rings (SSSR count). The van der Waals surface area contributed by atoms with Gasteiger partial charge in [0.05, 0.1) is 0 Å². The highest BCUT2D eigenvalue weighted by Gasteiger charge is 2.18. The fourth-order valence-electron chi connectivity index (χ4n) is 3.55.